The van der Waals surface area contributed by atoms with Gasteiger partial charge in [0.1, 0.15) is 12.4 Å². The number of ether oxygens (including phenoxy) is 3. The van der Waals surface area contributed by atoms with Crippen molar-refractivity contribution in [2.75, 3.05) is 53.6 Å². The van der Waals surface area contributed by atoms with Crippen molar-refractivity contribution in [3.05, 3.63) is 35.4 Å². The van der Waals surface area contributed by atoms with Crippen molar-refractivity contribution in [2.45, 2.75) is 26.4 Å². The lowest BCUT2D eigenvalue weighted by molar-refractivity contribution is 0.0169. The topological polar surface area (TPSA) is 98.1 Å². The molecule has 1 unspecified atom stereocenters. The predicted molar refractivity (Wildman–Crippen MR) is 123 cm³/mol. The fraction of sp³-hybridized carbons (Fsp3) is 0.591. The van der Waals surface area contributed by atoms with E-state index >= 15 is 0 Å². The van der Waals surface area contributed by atoms with Crippen LogP contribution in [0.3, 0.4) is 0 Å². The van der Waals surface area contributed by atoms with E-state index in [2.05, 4.69) is 38.7 Å². The first-order valence-electron chi connectivity index (χ1n) is 11.0. The highest BCUT2D eigenvalue weighted by molar-refractivity contribution is 5.79. The Balaban J connectivity index is 1.78. The Morgan fingerprint density at radius 2 is 1.91 bits per heavy atom. The molecule has 0 spiro atoms. The third kappa shape index (κ3) is 5.89. The Morgan fingerprint density at radius 3 is 2.53 bits per heavy atom. The van der Waals surface area contributed by atoms with Crippen molar-refractivity contribution in [1.82, 2.24) is 30.3 Å². The summed E-state index contributed by atoms with van der Waals surface area (Å²) in [6.07, 6.45) is 0. The van der Waals surface area contributed by atoms with Crippen LogP contribution in [0.15, 0.2) is 23.2 Å². The molecule has 0 radical (unpaired) electrons. The lowest BCUT2D eigenvalue weighted by Gasteiger charge is -2.35. The summed E-state index contributed by atoms with van der Waals surface area (Å²) in [5, 5.41) is 15.1. The van der Waals surface area contributed by atoms with Crippen LogP contribution in [0.2, 0.25) is 0 Å². The van der Waals surface area contributed by atoms with Crippen LogP contribution in [-0.2, 0) is 18.3 Å². The smallest absolute Gasteiger partial charge is 0.191 e. The number of aryl methyl sites for hydroxylation is 1. The third-order valence-electron chi connectivity index (χ3n) is 5.65. The van der Waals surface area contributed by atoms with Gasteiger partial charge >= 0.3 is 0 Å². The summed E-state index contributed by atoms with van der Waals surface area (Å²) in [7, 11) is 5.26. The van der Waals surface area contributed by atoms with E-state index in [1.54, 1.807) is 14.2 Å². The molecule has 2 heterocycles. The van der Waals surface area contributed by atoms with Gasteiger partial charge in [-0.2, -0.15) is 0 Å². The first kappa shape index (κ1) is 23.8. The zero-order valence-corrected chi connectivity index (χ0v) is 19.7. The van der Waals surface area contributed by atoms with Gasteiger partial charge in [-0.15, -0.1) is 10.2 Å². The van der Waals surface area contributed by atoms with Gasteiger partial charge < -0.3 is 29.4 Å². The first-order valence-corrected chi connectivity index (χ1v) is 11.0. The van der Waals surface area contributed by atoms with E-state index in [9.17, 15) is 0 Å². The monoisotopic (exact) mass is 445 g/mol. The summed E-state index contributed by atoms with van der Waals surface area (Å²) >= 11 is 0. The van der Waals surface area contributed by atoms with Crippen LogP contribution in [0.1, 0.15) is 30.2 Å². The van der Waals surface area contributed by atoms with Gasteiger partial charge in [0.25, 0.3) is 0 Å². The minimum Gasteiger partial charge on any atom is -0.493 e. The van der Waals surface area contributed by atoms with Crippen LogP contribution in [-0.4, -0.2) is 79.2 Å². The van der Waals surface area contributed by atoms with Gasteiger partial charge in [-0.1, -0.05) is 6.07 Å². The number of aromatic nitrogens is 3. The summed E-state index contributed by atoms with van der Waals surface area (Å²) in [5.74, 6) is 3.88. The van der Waals surface area contributed by atoms with E-state index < -0.39 is 0 Å². The molecule has 1 atom stereocenters. The number of morpholine rings is 1. The molecule has 10 heteroatoms. The number of benzene rings is 1. The Bertz CT molecular complexity index is 894. The van der Waals surface area contributed by atoms with Crippen LogP contribution < -0.4 is 20.1 Å². The second-order valence-electron chi connectivity index (χ2n) is 7.58. The fourth-order valence-electron chi connectivity index (χ4n) is 3.68. The second kappa shape index (κ2) is 11.7. The van der Waals surface area contributed by atoms with Gasteiger partial charge in [0.2, 0.25) is 0 Å². The minimum absolute atomic E-state index is 0.125. The molecule has 1 aliphatic rings. The Kier molecular flexibility index (Phi) is 8.69. The number of methoxy groups -OCH3 is 2. The van der Waals surface area contributed by atoms with E-state index in [4.69, 9.17) is 19.2 Å². The molecule has 1 aromatic heterocycles. The van der Waals surface area contributed by atoms with Gasteiger partial charge in [0.05, 0.1) is 33.5 Å². The van der Waals surface area contributed by atoms with Crippen LogP contribution in [0, 0.1) is 6.92 Å². The quantitative estimate of drug-likeness (QED) is 0.440. The standard InChI is InChI=1S/C22H35N7O3/c1-6-23-22(25-15-21-27-26-16(2)28(21)3)24-14-18(29-9-11-32-12-10-29)17-7-8-19(30-4)20(13-17)31-5/h7-8,13,18H,6,9-12,14-15H2,1-5H3,(H2,23,24,25). The minimum atomic E-state index is 0.125. The molecule has 1 saturated heterocycles. The van der Waals surface area contributed by atoms with Gasteiger partial charge in [0.15, 0.2) is 23.3 Å². The number of hydrogen-bond acceptors (Lipinski definition) is 7. The van der Waals surface area contributed by atoms with Crippen LogP contribution in [0.4, 0.5) is 0 Å². The van der Waals surface area contributed by atoms with Crippen molar-refractivity contribution in [3.63, 3.8) is 0 Å². The molecule has 0 saturated carbocycles. The summed E-state index contributed by atoms with van der Waals surface area (Å²) in [4.78, 5) is 7.14. The maximum atomic E-state index is 5.57. The number of aliphatic imine (C=N–C) groups is 1. The van der Waals surface area contributed by atoms with Crippen molar-refractivity contribution in [3.8, 4) is 11.5 Å². The van der Waals surface area contributed by atoms with Crippen molar-refractivity contribution >= 4 is 5.96 Å². The summed E-state index contributed by atoms with van der Waals surface area (Å²) < 4.78 is 18.5. The highest BCUT2D eigenvalue weighted by Crippen LogP contribution is 2.32. The molecule has 32 heavy (non-hydrogen) atoms. The molecule has 176 valence electrons. The summed E-state index contributed by atoms with van der Waals surface area (Å²) in [6.45, 7) is 9.07. The summed E-state index contributed by atoms with van der Waals surface area (Å²) in [5.41, 5.74) is 1.15. The Hall–Kier alpha value is -2.85. The molecular formula is C22H35N7O3. The Labute approximate surface area is 190 Å². The lowest BCUT2D eigenvalue weighted by atomic mass is 10.0. The molecule has 3 rings (SSSR count). The molecule has 10 nitrogen and oxygen atoms in total. The molecule has 0 amide bonds. The van der Waals surface area contributed by atoms with Gasteiger partial charge in [-0.25, -0.2) is 4.99 Å². The predicted octanol–water partition coefficient (Wildman–Crippen LogP) is 1.27. The average Bonchev–Trinajstić information content (AvgIpc) is 3.15. The maximum Gasteiger partial charge on any atom is 0.191 e. The van der Waals surface area contributed by atoms with E-state index in [0.717, 1.165) is 67.5 Å². The molecule has 1 fully saturated rings. The number of rotatable bonds is 9. The number of hydrogen-bond donors (Lipinski definition) is 2. The normalized spacial score (nSPS) is 16.0. The van der Waals surface area contributed by atoms with E-state index in [-0.39, 0.29) is 6.04 Å². The van der Waals surface area contributed by atoms with E-state index in [1.807, 2.05) is 30.7 Å². The highest BCUT2D eigenvalue weighted by atomic mass is 16.5. The van der Waals surface area contributed by atoms with Crippen LogP contribution >= 0.6 is 0 Å². The van der Waals surface area contributed by atoms with E-state index in [1.165, 1.54) is 0 Å². The Morgan fingerprint density at radius 1 is 1.16 bits per heavy atom. The average molecular weight is 446 g/mol. The van der Waals surface area contributed by atoms with Crippen LogP contribution in [0.5, 0.6) is 11.5 Å². The fourth-order valence-corrected chi connectivity index (χ4v) is 3.68. The second-order valence-corrected chi connectivity index (χ2v) is 7.58. The van der Waals surface area contributed by atoms with Crippen molar-refractivity contribution < 1.29 is 14.2 Å². The molecular weight excluding hydrogens is 410 g/mol. The molecule has 1 aromatic carbocycles. The maximum absolute atomic E-state index is 5.57. The zero-order valence-electron chi connectivity index (χ0n) is 19.7. The van der Waals surface area contributed by atoms with Gasteiger partial charge in [-0.05, 0) is 31.5 Å². The molecule has 1 aliphatic heterocycles. The number of nitrogens with one attached hydrogen (secondary N) is 2. The molecule has 0 bridgehead atoms. The SMILES string of the molecule is CCNC(=NCc1nnc(C)n1C)NCC(c1ccc(OC)c(OC)c1)N1CCOCC1. The van der Waals surface area contributed by atoms with Gasteiger partial charge in [0, 0.05) is 33.2 Å². The number of nitrogens with zero attached hydrogens (tertiary/aromatic N) is 5. The molecule has 2 N–H and O–H groups in total. The highest BCUT2D eigenvalue weighted by Gasteiger charge is 2.24. The first-order chi connectivity index (χ1) is 15.6. The molecule has 2 aromatic rings. The largest absolute Gasteiger partial charge is 0.493 e. The van der Waals surface area contributed by atoms with Gasteiger partial charge in [-0.3, -0.25) is 4.90 Å². The number of guanidine groups is 1. The molecule has 0 aliphatic carbocycles. The van der Waals surface area contributed by atoms with E-state index in [0.29, 0.717) is 13.1 Å². The lowest BCUT2D eigenvalue weighted by Crippen LogP contribution is -2.46. The zero-order chi connectivity index (χ0) is 22.9. The van der Waals surface area contributed by atoms with Crippen LogP contribution in [0.25, 0.3) is 0 Å². The van der Waals surface area contributed by atoms with Crippen molar-refractivity contribution in [1.29, 1.82) is 0 Å². The van der Waals surface area contributed by atoms with Crippen molar-refractivity contribution in [2.24, 2.45) is 12.0 Å². The summed E-state index contributed by atoms with van der Waals surface area (Å²) in [6, 6.07) is 6.22. The third-order valence-corrected chi connectivity index (χ3v) is 5.65.